The van der Waals surface area contributed by atoms with E-state index < -0.39 is 75.0 Å². The van der Waals surface area contributed by atoms with Gasteiger partial charge in [0.2, 0.25) is 0 Å². The number of rotatable bonds is 13. The molecular weight excluding hydrogens is 719 g/mol. The molecule has 54 heavy (non-hydrogen) atoms. The fourth-order valence-electron chi connectivity index (χ4n) is 11.4. The molecule has 1 aromatic carbocycles. The van der Waals surface area contributed by atoms with Crippen LogP contribution in [0.5, 0.6) is 0 Å². The van der Waals surface area contributed by atoms with Gasteiger partial charge in [0.25, 0.3) is 0 Å². The Morgan fingerprint density at radius 1 is 0.889 bits per heavy atom. The predicted molar refractivity (Wildman–Crippen MR) is 211 cm³/mol. The molecule has 12 heteroatoms. The molecule has 0 unspecified atom stereocenters. The highest BCUT2D eigenvalue weighted by Gasteiger charge is 2.81. The van der Waals surface area contributed by atoms with Crippen LogP contribution in [0.1, 0.15) is 94.6 Å². The lowest BCUT2D eigenvalue weighted by atomic mass is 9.43. The van der Waals surface area contributed by atoms with Crippen molar-refractivity contribution in [2.75, 3.05) is 6.54 Å². The van der Waals surface area contributed by atoms with Crippen molar-refractivity contribution in [2.24, 2.45) is 16.7 Å². The minimum absolute atomic E-state index is 0.116. The molecule has 2 bridgehead atoms. The Bertz CT molecular complexity index is 1670. The van der Waals surface area contributed by atoms with Crippen molar-refractivity contribution in [1.29, 1.82) is 0 Å². The molecule has 2 heterocycles. The van der Waals surface area contributed by atoms with Gasteiger partial charge in [0.15, 0.2) is 39.9 Å². The third-order valence-corrected chi connectivity index (χ3v) is 24.4. The highest BCUT2D eigenvalue weighted by Crippen LogP contribution is 2.67. The summed E-state index contributed by atoms with van der Waals surface area (Å²) in [5, 5.41) is 0. The summed E-state index contributed by atoms with van der Waals surface area (Å²) >= 11 is 0. The first kappa shape index (κ1) is 41.0. The van der Waals surface area contributed by atoms with Crippen molar-refractivity contribution in [3.63, 3.8) is 0 Å². The fraction of sp³-hybridized carbons (Fsp3) is 0.714. The van der Waals surface area contributed by atoms with E-state index in [1.54, 1.807) is 6.92 Å². The first-order valence-corrected chi connectivity index (χ1v) is 25.5. The topological polar surface area (TPSA) is 118 Å². The molecule has 4 fully saturated rings. The van der Waals surface area contributed by atoms with Gasteiger partial charge >= 0.3 is 12.1 Å². The number of carbonyl (C=O) groups is 4. The zero-order valence-corrected chi connectivity index (χ0v) is 36.5. The number of hydrogen-bond donors (Lipinski definition) is 0. The number of Topliss-reactive ketones (excluding diaryl/α,β-unsaturated/α-hetero) is 2. The van der Waals surface area contributed by atoms with Crippen LogP contribution in [0.2, 0.25) is 36.3 Å². The van der Waals surface area contributed by atoms with E-state index in [0.717, 1.165) is 41.8 Å². The summed E-state index contributed by atoms with van der Waals surface area (Å²) in [5.74, 6) is -1.77. The summed E-state index contributed by atoms with van der Waals surface area (Å²) in [6.45, 7) is 22.9. The van der Waals surface area contributed by atoms with Crippen molar-refractivity contribution in [3.05, 3.63) is 47.0 Å². The molecule has 3 aliphatic carbocycles. The standard InChI is InChI=1S/C42H63NO9Si2/c1-12-53(13-2,14-3)51-32-23-31-41(49-28(8)44,26-43(31)25-29-21-19-18-20-22-29)35-37-42(50-38(47)48-37)24-30(45)27(7)33(39(42,9)10)34(36(46)40(32,35)11)52-54(15-4,16-5)17-6/h18-22,31-32,34-35,37H,12-17,23-26H2,1-11H3/t31-,32+,34-,35+,37+,40-,41+,42-/m1/s1. The highest BCUT2D eigenvalue weighted by molar-refractivity contribution is 6.74. The lowest BCUT2D eigenvalue weighted by molar-refractivity contribution is -0.292. The second-order valence-electron chi connectivity index (χ2n) is 17.5. The van der Waals surface area contributed by atoms with Crippen LogP contribution in [0.15, 0.2) is 41.5 Å². The zero-order chi connectivity index (χ0) is 39.6. The van der Waals surface area contributed by atoms with E-state index in [-0.39, 0.29) is 24.0 Å². The molecule has 2 saturated carbocycles. The summed E-state index contributed by atoms with van der Waals surface area (Å²) in [6, 6.07) is 14.8. The second-order valence-corrected chi connectivity index (χ2v) is 26.9. The van der Waals surface area contributed by atoms with E-state index in [2.05, 4.69) is 58.6 Å². The maximum atomic E-state index is 16.4. The first-order chi connectivity index (χ1) is 25.4. The van der Waals surface area contributed by atoms with Crippen molar-refractivity contribution in [3.8, 4) is 0 Å². The molecule has 0 amide bonds. The summed E-state index contributed by atoms with van der Waals surface area (Å²) < 4.78 is 34.3. The second kappa shape index (κ2) is 14.4. The zero-order valence-electron chi connectivity index (χ0n) is 34.5. The summed E-state index contributed by atoms with van der Waals surface area (Å²) in [5.41, 5.74) is -3.00. The number of allylic oxidation sites excluding steroid dienone is 1. The molecule has 8 atom stereocenters. The van der Waals surface area contributed by atoms with Gasteiger partial charge in [-0.15, -0.1) is 0 Å². The van der Waals surface area contributed by atoms with Crippen LogP contribution in [0.3, 0.4) is 0 Å². The third-order valence-electron chi connectivity index (χ3n) is 15.2. The van der Waals surface area contributed by atoms with Gasteiger partial charge in [0, 0.05) is 25.4 Å². The van der Waals surface area contributed by atoms with Crippen molar-refractivity contribution >= 4 is 40.3 Å². The number of benzene rings is 1. The SMILES string of the molecule is CC[Si](CC)(CC)O[C@H]1C(=O)[C@]2(C)[C@@H](O[Si](CC)(CC)CC)C[C@H]3N(Cc4ccccc4)C[C@@]3(OC(C)=O)[C@H]2[C@@H]2OC(=O)O[C@]23CC(=O)C(C)=C1C3(C)C. The molecular formula is C42H63NO9Si2. The minimum Gasteiger partial charge on any atom is -0.456 e. The van der Waals surface area contributed by atoms with E-state index >= 15 is 4.79 Å². The van der Waals surface area contributed by atoms with E-state index in [4.69, 9.17) is 23.1 Å². The van der Waals surface area contributed by atoms with Gasteiger partial charge < -0.3 is 23.1 Å². The van der Waals surface area contributed by atoms with E-state index in [9.17, 15) is 14.4 Å². The summed E-state index contributed by atoms with van der Waals surface area (Å²) in [6.07, 6.45) is -3.36. The monoisotopic (exact) mass is 781 g/mol. The van der Waals surface area contributed by atoms with Gasteiger partial charge in [-0.2, -0.15) is 0 Å². The van der Waals surface area contributed by atoms with Crippen LogP contribution in [-0.4, -0.2) is 87.3 Å². The van der Waals surface area contributed by atoms with Crippen LogP contribution in [-0.2, 0) is 44.0 Å². The number of fused-ring (bicyclic) bond motifs is 5. The maximum absolute atomic E-state index is 16.4. The number of ether oxygens (including phenoxy) is 3. The Morgan fingerprint density at radius 3 is 2.02 bits per heavy atom. The third kappa shape index (κ3) is 5.86. The molecule has 0 radical (unpaired) electrons. The first-order valence-electron chi connectivity index (χ1n) is 20.5. The largest absolute Gasteiger partial charge is 0.509 e. The van der Waals surface area contributed by atoms with Crippen molar-refractivity contribution in [1.82, 2.24) is 4.90 Å². The molecule has 6 rings (SSSR count). The number of nitrogens with zero attached hydrogens (tertiary/aromatic N) is 1. The van der Waals surface area contributed by atoms with Gasteiger partial charge in [-0.1, -0.05) is 85.7 Å². The molecule has 0 N–H and O–H groups in total. The molecule has 298 valence electrons. The minimum atomic E-state index is -2.53. The Morgan fingerprint density at radius 2 is 1.46 bits per heavy atom. The highest BCUT2D eigenvalue weighted by atomic mass is 28.4. The molecule has 2 aliphatic heterocycles. The number of hydrogen-bond acceptors (Lipinski definition) is 10. The number of ketones is 2. The summed E-state index contributed by atoms with van der Waals surface area (Å²) in [7, 11) is -4.93. The molecule has 2 saturated heterocycles. The van der Waals surface area contributed by atoms with Crippen LogP contribution in [0, 0.1) is 16.7 Å². The average Bonchev–Trinajstić information content (AvgIpc) is 3.47. The van der Waals surface area contributed by atoms with E-state index in [1.165, 1.54) is 6.92 Å². The maximum Gasteiger partial charge on any atom is 0.509 e. The van der Waals surface area contributed by atoms with Gasteiger partial charge in [0.1, 0.15) is 11.7 Å². The lowest BCUT2D eigenvalue weighted by Gasteiger charge is -2.70. The normalized spacial score (nSPS) is 34.8. The van der Waals surface area contributed by atoms with Gasteiger partial charge in [-0.25, -0.2) is 4.79 Å². The Kier molecular flexibility index (Phi) is 10.9. The molecule has 0 aromatic heterocycles. The predicted octanol–water partition coefficient (Wildman–Crippen LogP) is 8.15. The Labute approximate surface area is 324 Å². The fourth-order valence-corrected chi connectivity index (χ4v) is 17.1. The van der Waals surface area contributed by atoms with Gasteiger partial charge in [-0.05, 0) is 73.2 Å². The lowest BCUT2D eigenvalue weighted by Crippen LogP contribution is -2.85. The van der Waals surface area contributed by atoms with E-state index in [1.807, 2.05) is 39.0 Å². The van der Waals surface area contributed by atoms with E-state index in [0.29, 0.717) is 30.7 Å². The molecule has 1 spiro atoms. The van der Waals surface area contributed by atoms with Crippen LogP contribution >= 0.6 is 0 Å². The molecule has 10 nitrogen and oxygen atoms in total. The van der Waals surface area contributed by atoms with Gasteiger partial charge in [-0.3, -0.25) is 19.3 Å². The molecule has 5 aliphatic rings. The van der Waals surface area contributed by atoms with Crippen LogP contribution in [0.25, 0.3) is 0 Å². The Balaban J connectivity index is 1.68. The Hall–Kier alpha value is -2.65. The van der Waals surface area contributed by atoms with Crippen molar-refractivity contribution in [2.45, 2.75) is 167 Å². The van der Waals surface area contributed by atoms with Crippen molar-refractivity contribution < 1.29 is 42.2 Å². The average molecular weight is 782 g/mol. The van der Waals surface area contributed by atoms with Crippen LogP contribution in [0.4, 0.5) is 4.79 Å². The van der Waals surface area contributed by atoms with Gasteiger partial charge in [0.05, 0.1) is 29.9 Å². The summed E-state index contributed by atoms with van der Waals surface area (Å²) in [4.78, 5) is 60.2. The number of carbonyl (C=O) groups excluding carboxylic acids is 4. The number of likely N-dealkylation sites (tertiary alicyclic amines) is 1. The smallest absolute Gasteiger partial charge is 0.456 e. The molecule has 1 aromatic rings. The van der Waals surface area contributed by atoms with Crippen LogP contribution < -0.4 is 0 Å². The quantitative estimate of drug-likeness (QED) is 0.143. The number of esters is 1.